The standard InChI is InChI=1S/C21H15FOS/c22-16-9-6-10-17(13-16)24-21-14-20(15-7-2-1-3-8-15)23-19-12-5-4-11-18(19)21/h1-14,21H. The molecule has 3 aromatic rings. The maximum absolute atomic E-state index is 13.5. The Morgan fingerprint density at radius 3 is 2.46 bits per heavy atom. The molecule has 0 aromatic heterocycles. The molecule has 4 rings (SSSR count). The fraction of sp³-hybridized carbons (Fsp3) is 0.0476. The fourth-order valence-corrected chi connectivity index (χ4v) is 3.87. The van der Waals surface area contributed by atoms with Crippen LogP contribution in [0, 0.1) is 5.82 Å². The van der Waals surface area contributed by atoms with E-state index in [1.807, 2.05) is 54.6 Å². The van der Waals surface area contributed by atoms with Gasteiger partial charge in [0.15, 0.2) is 0 Å². The molecule has 0 bridgehead atoms. The largest absolute Gasteiger partial charge is 0.457 e. The smallest absolute Gasteiger partial charge is 0.132 e. The third-order valence-corrected chi connectivity index (χ3v) is 5.04. The van der Waals surface area contributed by atoms with E-state index in [1.165, 1.54) is 6.07 Å². The lowest BCUT2D eigenvalue weighted by molar-refractivity contribution is 0.497. The van der Waals surface area contributed by atoms with Gasteiger partial charge in [0.1, 0.15) is 17.3 Å². The summed E-state index contributed by atoms with van der Waals surface area (Å²) in [6.07, 6.45) is 2.10. The van der Waals surface area contributed by atoms with Crippen LogP contribution >= 0.6 is 11.8 Å². The van der Waals surface area contributed by atoms with E-state index in [4.69, 9.17) is 4.74 Å². The van der Waals surface area contributed by atoms with E-state index in [9.17, 15) is 4.39 Å². The van der Waals surface area contributed by atoms with Gasteiger partial charge >= 0.3 is 0 Å². The van der Waals surface area contributed by atoms with Crippen molar-refractivity contribution in [2.45, 2.75) is 10.1 Å². The van der Waals surface area contributed by atoms with E-state index in [-0.39, 0.29) is 11.1 Å². The van der Waals surface area contributed by atoms with E-state index in [2.05, 4.69) is 12.1 Å². The van der Waals surface area contributed by atoms with Crippen molar-refractivity contribution in [1.29, 1.82) is 0 Å². The zero-order valence-corrected chi connectivity index (χ0v) is 13.7. The predicted octanol–water partition coefficient (Wildman–Crippen LogP) is 6.09. The van der Waals surface area contributed by atoms with Crippen molar-refractivity contribution in [3.05, 3.63) is 102 Å². The van der Waals surface area contributed by atoms with Crippen molar-refractivity contribution in [3.8, 4) is 5.75 Å². The molecule has 3 aromatic carbocycles. The van der Waals surface area contributed by atoms with Crippen LogP contribution in [0.15, 0.2) is 89.8 Å². The van der Waals surface area contributed by atoms with E-state index < -0.39 is 0 Å². The highest BCUT2D eigenvalue weighted by Gasteiger charge is 2.23. The average Bonchev–Trinajstić information content (AvgIpc) is 2.62. The van der Waals surface area contributed by atoms with Crippen molar-refractivity contribution in [1.82, 2.24) is 0 Å². The Kier molecular flexibility index (Phi) is 4.09. The minimum Gasteiger partial charge on any atom is -0.457 e. The minimum absolute atomic E-state index is 0.0759. The van der Waals surface area contributed by atoms with Gasteiger partial charge in [0.05, 0.1) is 5.25 Å². The molecule has 1 atom stereocenters. The van der Waals surface area contributed by atoms with Gasteiger partial charge in [-0.25, -0.2) is 4.39 Å². The van der Waals surface area contributed by atoms with Crippen LogP contribution in [0.2, 0.25) is 0 Å². The first-order chi connectivity index (χ1) is 11.8. The van der Waals surface area contributed by atoms with Gasteiger partial charge in [-0.2, -0.15) is 0 Å². The zero-order chi connectivity index (χ0) is 16.4. The topological polar surface area (TPSA) is 9.23 Å². The molecule has 0 aliphatic carbocycles. The first-order valence-corrected chi connectivity index (χ1v) is 8.64. The quantitative estimate of drug-likeness (QED) is 0.573. The van der Waals surface area contributed by atoms with Crippen molar-refractivity contribution in [2.24, 2.45) is 0 Å². The second-order valence-corrected chi connectivity index (χ2v) is 6.75. The van der Waals surface area contributed by atoms with Crippen LogP contribution in [-0.4, -0.2) is 0 Å². The van der Waals surface area contributed by atoms with Gasteiger partial charge in [-0.15, -0.1) is 11.8 Å². The van der Waals surface area contributed by atoms with Crippen LogP contribution in [0.4, 0.5) is 4.39 Å². The second-order valence-electron chi connectivity index (χ2n) is 5.53. The highest BCUT2D eigenvalue weighted by Crippen LogP contribution is 2.45. The SMILES string of the molecule is Fc1cccc(SC2C=C(c3ccccc3)Oc3ccccc32)c1. The summed E-state index contributed by atoms with van der Waals surface area (Å²) >= 11 is 1.62. The Morgan fingerprint density at radius 2 is 1.62 bits per heavy atom. The molecule has 1 heterocycles. The van der Waals surface area contributed by atoms with Crippen molar-refractivity contribution >= 4 is 17.5 Å². The molecule has 0 spiro atoms. The summed E-state index contributed by atoms with van der Waals surface area (Å²) in [5.41, 5.74) is 2.14. The Morgan fingerprint density at radius 1 is 0.833 bits per heavy atom. The van der Waals surface area contributed by atoms with Crippen LogP contribution in [-0.2, 0) is 0 Å². The van der Waals surface area contributed by atoms with Crippen LogP contribution < -0.4 is 4.74 Å². The van der Waals surface area contributed by atoms with E-state index in [1.54, 1.807) is 23.9 Å². The number of ether oxygens (including phenoxy) is 1. The Hall–Kier alpha value is -2.52. The first-order valence-electron chi connectivity index (χ1n) is 7.76. The number of para-hydroxylation sites is 1. The number of rotatable bonds is 3. The van der Waals surface area contributed by atoms with Gasteiger partial charge in [-0.1, -0.05) is 54.6 Å². The molecule has 0 fully saturated rings. The third-order valence-electron chi connectivity index (χ3n) is 3.87. The molecule has 1 aliphatic heterocycles. The molecule has 118 valence electrons. The monoisotopic (exact) mass is 334 g/mol. The molecular weight excluding hydrogens is 319 g/mol. The number of benzene rings is 3. The molecule has 1 unspecified atom stereocenters. The van der Waals surface area contributed by atoms with E-state index in [0.717, 1.165) is 27.5 Å². The number of hydrogen-bond acceptors (Lipinski definition) is 2. The first kappa shape index (κ1) is 15.0. The van der Waals surface area contributed by atoms with Crippen LogP contribution in [0.25, 0.3) is 5.76 Å². The zero-order valence-electron chi connectivity index (χ0n) is 12.9. The summed E-state index contributed by atoms with van der Waals surface area (Å²) < 4.78 is 19.6. The van der Waals surface area contributed by atoms with E-state index in [0.29, 0.717) is 0 Å². The van der Waals surface area contributed by atoms with Gasteiger partial charge in [-0.05, 0) is 30.3 Å². The highest BCUT2D eigenvalue weighted by atomic mass is 32.2. The molecule has 1 aliphatic rings. The van der Waals surface area contributed by atoms with Crippen molar-refractivity contribution in [3.63, 3.8) is 0 Å². The van der Waals surface area contributed by atoms with Crippen LogP contribution in [0.5, 0.6) is 5.75 Å². The highest BCUT2D eigenvalue weighted by molar-refractivity contribution is 7.99. The summed E-state index contributed by atoms with van der Waals surface area (Å²) in [5.74, 6) is 1.48. The lowest BCUT2D eigenvalue weighted by Crippen LogP contribution is -2.07. The minimum atomic E-state index is -0.215. The molecular formula is C21H15FOS. The summed E-state index contributed by atoms with van der Waals surface area (Å²) in [4.78, 5) is 0.903. The summed E-state index contributed by atoms with van der Waals surface area (Å²) in [6.45, 7) is 0. The number of hydrogen-bond donors (Lipinski definition) is 0. The maximum Gasteiger partial charge on any atom is 0.132 e. The molecule has 0 saturated heterocycles. The Bertz CT molecular complexity index is 889. The molecule has 0 N–H and O–H groups in total. The number of fused-ring (bicyclic) bond motifs is 1. The molecule has 0 radical (unpaired) electrons. The summed E-state index contributed by atoms with van der Waals surface area (Å²) in [6, 6.07) is 24.8. The molecule has 3 heteroatoms. The van der Waals surface area contributed by atoms with Gasteiger partial charge in [0.2, 0.25) is 0 Å². The lowest BCUT2D eigenvalue weighted by atomic mass is 10.0. The van der Waals surface area contributed by atoms with Gasteiger partial charge in [0.25, 0.3) is 0 Å². The third kappa shape index (κ3) is 3.08. The van der Waals surface area contributed by atoms with Crippen LogP contribution in [0.1, 0.15) is 16.4 Å². The molecule has 1 nitrogen and oxygen atoms in total. The van der Waals surface area contributed by atoms with E-state index >= 15 is 0 Å². The normalized spacial score (nSPS) is 16.0. The predicted molar refractivity (Wildman–Crippen MR) is 96.5 cm³/mol. The van der Waals surface area contributed by atoms with Gasteiger partial charge in [-0.3, -0.25) is 0 Å². The second kappa shape index (κ2) is 6.54. The molecule has 0 saturated carbocycles. The summed E-state index contributed by atoms with van der Waals surface area (Å²) in [7, 11) is 0. The average molecular weight is 334 g/mol. The number of halogens is 1. The van der Waals surface area contributed by atoms with Gasteiger partial charge < -0.3 is 4.74 Å². The lowest BCUT2D eigenvalue weighted by Gasteiger charge is -2.24. The Balaban J connectivity index is 1.73. The number of thioether (sulfide) groups is 1. The van der Waals surface area contributed by atoms with Crippen LogP contribution in [0.3, 0.4) is 0 Å². The van der Waals surface area contributed by atoms with Gasteiger partial charge in [0, 0.05) is 16.0 Å². The summed E-state index contributed by atoms with van der Waals surface area (Å²) in [5, 5.41) is 0.0759. The van der Waals surface area contributed by atoms with Crippen molar-refractivity contribution in [2.75, 3.05) is 0 Å². The fourth-order valence-electron chi connectivity index (χ4n) is 2.73. The molecule has 0 amide bonds. The Labute approximate surface area is 144 Å². The molecule has 24 heavy (non-hydrogen) atoms. The maximum atomic E-state index is 13.5. The van der Waals surface area contributed by atoms with Crippen molar-refractivity contribution < 1.29 is 9.13 Å².